The molecular formula is C18H25NOS. The SMILES string of the molecule is COc1ccc(CC(C)NC(C)Cc2ccc(C)s2)cc1. The Kier molecular flexibility index (Phi) is 5.83. The molecule has 0 radical (unpaired) electrons. The summed E-state index contributed by atoms with van der Waals surface area (Å²) in [6, 6.07) is 13.7. The third kappa shape index (κ3) is 5.18. The summed E-state index contributed by atoms with van der Waals surface area (Å²) in [5, 5.41) is 3.69. The minimum absolute atomic E-state index is 0.467. The van der Waals surface area contributed by atoms with Crippen LogP contribution < -0.4 is 10.1 Å². The highest BCUT2D eigenvalue weighted by molar-refractivity contribution is 7.11. The van der Waals surface area contributed by atoms with Crippen molar-refractivity contribution >= 4 is 11.3 Å². The number of methoxy groups -OCH3 is 1. The fourth-order valence-corrected chi connectivity index (χ4v) is 3.63. The van der Waals surface area contributed by atoms with Crippen molar-refractivity contribution in [1.29, 1.82) is 0 Å². The van der Waals surface area contributed by atoms with Crippen LogP contribution in [-0.2, 0) is 12.8 Å². The van der Waals surface area contributed by atoms with E-state index in [-0.39, 0.29) is 0 Å². The van der Waals surface area contributed by atoms with E-state index in [2.05, 4.69) is 50.4 Å². The zero-order valence-corrected chi connectivity index (χ0v) is 14.2. The first-order valence-corrected chi connectivity index (χ1v) is 8.32. The zero-order valence-electron chi connectivity index (χ0n) is 13.3. The molecule has 0 spiro atoms. The Hall–Kier alpha value is -1.32. The highest BCUT2D eigenvalue weighted by Gasteiger charge is 2.10. The highest BCUT2D eigenvalue weighted by atomic mass is 32.1. The molecule has 1 aromatic heterocycles. The number of thiophene rings is 1. The summed E-state index contributed by atoms with van der Waals surface area (Å²) >= 11 is 1.90. The van der Waals surface area contributed by atoms with Gasteiger partial charge in [-0.25, -0.2) is 0 Å². The van der Waals surface area contributed by atoms with Crippen LogP contribution in [0, 0.1) is 6.92 Å². The summed E-state index contributed by atoms with van der Waals surface area (Å²) in [4.78, 5) is 2.85. The summed E-state index contributed by atoms with van der Waals surface area (Å²) in [5.74, 6) is 0.917. The second-order valence-corrected chi connectivity index (χ2v) is 7.11. The molecule has 21 heavy (non-hydrogen) atoms. The minimum atomic E-state index is 0.467. The van der Waals surface area contributed by atoms with Crippen molar-refractivity contribution in [3.63, 3.8) is 0 Å². The second kappa shape index (κ2) is 7.62. The van der Waals surface area contributed by atoms with Crippen LogP contribution in [-0.4, -0.2) is 19.2 Å². The maximum absolute atomic E-state index is 5.19. The first-order chi connectivity index (χ1) is 10.1. The molecule has 2 nitrogen and oxygen atoms in total. The Labute approximate surface area is 132 Å². The molecule has 0 saturated carbocycles. The molecule has 0 fully saturated rings. The van der Waals surface area contributed by atoms with Crippen molar-refractivity contribution in [1.82, 2.24) is 5.32 Å². The Morgan fingerprint density at radius 2 is 1.67 bits per heavy atom. The first-order valence-electron chi connectivity index (χ1n) is 7.51. The molecule has 1 heterocycles. The molecule has 2 rings (SSSR count). The standard InChI is InChI=1S/C18H25NOS/c1-13(11-16-6-8-17(20-4)9-7-16)19-14(2)12-18-10-5-15(3)21-18/h5-10,13-14,19H,11-12H2,1-4H3. The van der Waals surface area contributed by atoms with Crippen molar-refractivity contribution in [2.24, 2.45) is 0 Å². The molecule has 0 saturated heterocycles. The summed E-state index contributed by atoms with van der Waals surface area (Å²) < 4.78 is 5.19. The van der Waals surface area contributed by atoms with E-state index >= 15 is 0 Å². The van der Waals surface area contributed by atoms with Crippen LogP contribution >= 0.6 is 11.3 Å². The topological polar surface area (TPSA) is 21.3 Å². The third-order valence-corrected chi connectivity index (χ3v) is 4.60. The van der Waals surface area contributed by atoms with Gasteiger partial charge in [0.15, 0.2) is 0 Å². The van der Waals surface area contributed by atoms with Gasteiger partial charge in [-0.1, -0.05) is 12.1 Å². The lowest BCUT2D eigenvalue weighted by molar-refractivity contribution is 0.414. The zero-order chi connectivity index (χ0) is 15.2. The molecule has 114 valence electrons. The van der Waals surface area contributed by atoms with E-state index in [0.29, 0.717) is 12.1 Å². The molecule has 1 N–H and O–H groups in total. The van der Waals surface area contributed by atoms with E-state index in [1.165, 1.54) is 15.3 Å². The van der Waals surface area contributed by atoms with E-state index < -0.39 is 0 Å². The van der Waals surface area contributed by atoms with Gasteiger partial charge < -0.3 is 10.1 Å². The summed E-state index contributed by atoms with van der Waals surface area (Å²) in [6.07, 6.45) is 2.14. The third-order valence-electron chi connectivity index (χ3n) is 3.57. The molecule has 0 amide bonds. The minimum Gasteiger partial charge on any atom is -0.497 e. The van der Waals surface area contributed by atoms with Crippen LogP contribution in [0.3, 0.4) is 0 Å². The van der Waals surface area contributed by atoms with Crippen LogP contribution in [0.25, 0.3) is 0 Å². The fraction of sp³-hybridized carbons (Fsp3) is 0.444. The van der Waals surface area contributed by atoms with Crippen molar-refractivity contribution < 1.29 is 4.74 Å². The van der Waals surface area contributed by atoms with Gasteiger partial charge in [-0.3, -0.25) is 0 Å². The number of aryl methyl sites for hydroxylation is 1. The van der Waals surface area contributed by atoms with Crippen molar-refractivity contribution in [3.8, 4) is 5.75 Å². The molecule has 3 heteroatoms. The van der Waals surface area contributed by atoms with Gasteiger partial charge in [0, 0.05) is 21.8 Å². The molecule has 0 aliphatic heterocycles. The van der Waals surface area contributed by atoms with Crippen LogP contribution in [0.2, 0.25) is 0 Å². The highest BCUT2D eigenvalue weighted by Crippen LogP contribution is 2.17. The van der Waals surface area contributed by atoms with E-state index in [0.717, 1.165) is 18.6 Å². The molecule has 2 unspecified atom stereocenters. The Morgan fingerprint density at radius 1 is 1.00 bits per heavy atom. The van der Waals surface area contributed by atoms with E-state index in [1.54, 1.807) is 7.11 Å². The normalized spacial score (nSPS) is 13.9. The predicted octanol–water partition coefficient (Wildman–Crippen LogP) is 4.22. The van der Waals surface area contributed by atoms with Gasteiger partial charge in [0.2, 0.25) is 0 Å². The van der Waals surface area contributed by atoms with Crippen molar-refractivity contribution in [3.05, 3.63) is 51.7 Å². The van der Waals surface area contributed by atoms with Gasteiger partial charge in [0.25, 0.3) is 0 Å². The van der Waals surface area contributed by atoms with Gasteiger partial charge in [-0.05, 0) is 63.4 Å². The number of nitrogens with one attached hydrogen (secondary N) is 1. The summed E-state index contributed by atoms with van der Waals surface area (Å²) in [7, 11) is 1.70. The quantitative estimate of drug-likeness (QED) is 0.827. The Balaban J connectivity index is 1.81. The molecule has 0 aliphatic carbocycles. The van der Waals surface area contributed by atoms with Crippen LogP contribution in [0.5, 0.6) is 5.75 Å². The van der Waals surface area contributed by atoms with Crippen molar-refractivity contribution in [2.75, 3.05) is 7.11 Å². The number of rotatable bonds is 7. The second-order valence-electron chi connectivity index (χ2n) is 5.74. The van der Waals surface area contributed by atoms with Gasteiger partial charge in [-0.2, -0.15) is 0 Å². The molecular weight excluding hydrogens is 278 g/mol. The number of hydrogen-bond donors (Lipinski definition) is 1. The van der Waals surface area contributed by atoms with Crippen LogP contribution in [0.1, 0.15) is 29.2 Å². The number of hydrogen-bond acceptors (Lipinski definition) is 3. The van der Waals surface area contributed by atoms with Gasteiger partial charge in [-0.15, -0.1) is 11.3 Å². The maximum atomic E-state index is 5.19. The number of benzene rings is 1. The lowest BCUT2D eigenvalue weighted by atomic mass is 10.1. The molecule has 0 aliphatic rings. The maximum Gasteiger partial charge on any atom is 0.118 e. The average Bonchev–Trinajstić information content (AvgIpc) is 2.84. The summed E-state index contributed by atoms with van der Waals surface area (Å²) in [5.41, 5.74) is 1.34. The lowest BCUT2D eigenvalue weighted by Crippen LogP contribution is -2.37. The predicted molar refractivity (Wildman–Crippen MR) is 91.5 cm³/mol. The lowest BCUT2D eigenvalue weighted by Gasteiger charge is -2.20. The Bertz CT molecular complexity index is 547. The largest absolute Gasteiger partial charge is 0.497 e. The summed E-state index contributed by atoms with van der Waals surface area (Å²) in [6.45, 7) is 6.68. The van der Waals surface area contributed by atoms with Crippen LogP contribution in [0.15, 0.2) is 36.4 Å². The van der Waals surface area contributed by atoms with Crippen molar-refractivity contribution in [2.45, 2.75) is 45.7 Å². The van der Waals surface area contributed by atoms with Gasteiger partial charge in [0.05, 0.1) is 7.11 Å². The van der Waals surface area contributed by atoms with Crippen LogP contribution in [0.4, 0.5) is 0 Å². The van der Waals surface area contributed by atoms with E-state index in [4.69, 9.17) is 4.74 Å². The van der Waals surface area contributed by atoms with E-state index in [1.807, 2.05) is 23.5 Å². The first kappa shape index (κ1) is 16.1. The molecule has 0 bridgehead atoms. The number of ether oxygens (including phenoxy) is 1. The monoisotopic (exact) mass is 303 g/mol. The Morgan fingerprint density at radius 3 is 2.24 bits per heavy atom. The average molecular weight is 303 g/mol. The smallest absolute Gasteiger partial charge is 0.118 e. The van der Waals surface area contributed by atoms with Gasteiger partial charge >= 0.3 is 0 Å². The molecule has 2 aromatic rings. The van der Waals surface area contributed by atoms with E-state index in [9.17, 15) is 0 Å². The molecule has 1 aromatic carbocycles. The van der Waals surface area contributed by atoms with Gasteiger partial charge in [0.1, 0.15) is 5.75 Å². The fourth-order valence-electron chi connectivity index (χ4n) is 2.62. The molecule has 2 atom stereocenters.